The first kappa shape index (κ1) is 15.8. The Morgan fingerprint density at radius 1 is 1.38 bits per heavy atom. The van der Waals surface area contributed by atoms with Gasteiger partial charge < -0.3 is 10.2 Å². The third-order valence-corrected chi connectivity index (χ3v) is 0.258. The topological polar surface area (TPSA) is 40.5 Å². The summed E-state index contributed by atoms with van der Waals surface area (Å²) in [5.74, 6) is 0. The smallest absolute Gasteiger partial charge is 0.0179 e. The van der Waals surface area contributed by atoms with E-state index in [4.69, 9.17) is 10.2 Å². The fourth-order valence-electron chi connectivity index (χ4n) is 0.0577. The molecule has 0 saturated heterocycles. The van der Waals surface area contributed by atoms with Crippen LogP contribution in [0.25, 0.3) is 0 Å². The van der Waals surface area contributed by atoms with Gasteiger partial charge in [0.05, 0.1) is 0 Å². The van der Waals surface area contributed by atoms with Crippen LogP contribution in [0.3, 0.4) is 0 Å². The van der Waals surface area contributed by atoms with Crippen LogP contribution in [-0.2, 0) is 18.6 Å². The van der Waals surface area contributed by atoms with Gasteiger partial charge in [0.1, 0.15) is 0 Å². The van der Waals surface area contributed by atoms with Crippen LogP contribution in [0.5, 0.6) is 0 Å². The third-order valence-electron chi connectivity index (χ3n) is 0.258. The van der Waals surface area contributed by atoms with Gasteiger partial charge in [-0.3, -0.25) is 0 Å². The number of hydrogen-bond acceptors (Lipinski definition) is 2. The van der Waals surface area contributed by atoms with Crippen molar-refractivity contribution in [2.24, 2.45) is 0 Å². The van der Waals surface area contributed by atoms with Gasteiger partial charge in [-0.05, 0) is 0 Å². The molecule has 0 fully saturated rings. The predicted octanol–water partition coefficient (Wildman–Crippen LogP) is 0.927. The zero-order valence-corrected chi connectivity index (χ0v) is 6.73. The second kappa shape index (κ2) is 25.9. The average molecular weight is 156 g/mol. The monoisotopic (exact) mass is 156 g/mol. The largest absolute Gasteiger partial charge is 0.566 e. The molecule has 0 atom stereocenters. The summed E-state index contributed by atoms with van der Waals surface area (Å²) in [6.07, 6.45) is 0.375. The molecule has 0 aromatic rings. The van der Waals surface area contributed by atoms with Gasteiger partial charge >= 0.3 is 0 Å². The second-order valence-corrected chi connectivity index (χ2v) is 0.695. The molecule has 0 aliphatic rings. The van der Waals surface area contributed by atoms with E-state index in [0.717, 1.165) is 6.61 Å². The van der Waals surface area contributed by atoms with E-state index in [1.807, 2.05) is 13.8 Å². The first-order valence-electron chi connectivity index (χ1n) is 2.48. The molecule has 0 aliphatic carbocycles. The van der Waals surface area contributed by atoms with Crippen LogP contribution in [0.2, 0.25) is 0 Å². The summed E-state index contributed by atoms with van der Waals surface area (Å²) in [5, 5.41) is 15.7. The molecule has 0 saturated carbocycles. The quantitative estimate of drug-likeness (QED) is 0.584. The second-order valence-electron chi connectivity index (χ2n) is 0.695. The molecule has 0 rings (SSSR count). The van der Waals surface area contributed by atoms with E-state index in [9.17, 15) is 0 Å². The van der Waals surface area contributed by atoms with Crippen LogP contribution in [0, 0.1) is 6.61 Å². The Labute approximate surface area is 62.8 Å². The Balaban J connectivity index is -0.0000000750. The van der Waals surface area contributed by atoms with E-state index < -0.39 is 0 Å². The number of hydrogen-bond donors (Lipinski definition) is 2. The molecule has 0 amide bonds. The van der Waals surface area contributed by atoms with Crippen LogP contribution in [0.4, 0.5) is 0 Å². The summed E-state index contributed by atoms with van der Waals surface area (Å²) >= 11 is 0. The van der Waals surface area contributed by atoms with Gasteiger partial charge in [-0.1, -0.05) is 13.8 Å². The Morgan fingerprint density at radius 2 is 1.75 bits per heavy atom. The van der Waals surface area contributed by atoms with Crippen molar-refractivity contribution in [3.8, 4) is 0 Å². The summed E-state index contributed by atoms with van der Waals surface area (Å²) in [4.78, 5) is 0. The molecule has 2 N–H and O–H groups in total. The van der Waals surface area contributed by atoms with Gasteiger partial charge in [0, 0.05) is 25.2 Å². The van der Waals surface area contributed by atoms with Crippen molar-refractivity contribution in [1.29, 1.82) is 0 Å². The van der Waals surface area contributed by atoms with Crippen LogP contribution in [-0.4, -0.2) is 16.8 Å². The Hall–Kier alpha value is 0.504. The molecular weight excluding hydrogens is 143 g/mol. The van der Waals surface area contributed by atoms with E-state index >= 15 is 0 Å². The van der Waals surface area contributed by atoms with Crippen LogP contribution in [0.15, 0.2) is 0 Å². The number of rotatable bonds is 2. The summed E-state index contributed by atoms with van der Waals surface area (Å²) in [6.45, 7) is 4.97. The first-order valence-corrected chi connectivity index (χ1v) is 2.48. The van der Waals surface area contributed by atoms with Gasteiger partial charge in [-0.2, -0.15) is 0 Å². The molecule has 0 aromatic carbocycles. The minimum Gasteiger partial charge on any atom is -0.566 e. The maximum absolute atomic E-state index is 7.88. The minimum atomic E-state index is 0. The molecule has 0 heterocycles. The van der Waals surface area contributed by atoms with Crippen LogP contribution in [0.1, 0.15) is 20.3 Å². The molecule has 0 spiro atoms. The molecule has 3 heteroatoms. The van der Waals surface area contributed by atoms with E-state index in [1.165, 1.54) is 0 Å². The number of aliphatic hydroxyl groups is 2. The fraction of sp³-hybridized carbons (Fsp3) is 0.800. The van der Waals surface area contributed by atoms with E-state index in [0.29, 0.717) is 6.42 Å². The maximum Gasteiger partial charge on any atom is 0.0179 e. The molecule has 0 aliphatic heterocycles. The van der Waals surface area contributed by atoms with E-state index in [1.54, 1.807) is 0 Å². The standard InChI is InChI=1S/C3H7O2.C2H6.V/c4-2-1-3-5;1-2;/h2,4-5H,1,3H2;1-2H3;/q-1;;. The van der Waals surface area contributed by atoms with Crippen molar-refractivity contribution in [3.05, 3.63) is 6.61 Å². The van der Waals surface area contributed by atoms with Crippen LogP contribution < -0.4 is 0 Å². The minimum absolute atomic E-state index is 0. The molecule has 0 bridgehead atoms. The summed E-state index contributed by atoms with van der Waals surface area (Å²) in [7, 11) is 0. The summed E-state index contributed by atoms with van der Waals surface area (Å²) < 4.78 is 0. The van der Waals surface area contributed by atoms with Gasteiger partial charge in [-0.15, -0.1) is 6.42 Å². The van der Waals surface area contributed by atoms with Crippen LogP contribution >= 0.6 is 0 Å². The molecule has 1 radical (unpaired) electrons. The van der Waals surface area contributed by atoms with Gasteiger partial charge in [0.25, 0.3) is 0 Å². The zero-order valence-electron chi connectivity index (χ0n) is 5.33. The van der Waals surface area contributed by atoms with Crippen molar-refractivity contribution < 1.29 is 28.8 Å². The maximum atomic E-state index is 7.88. The van der Waals surface area contributed by atoms with Crippen molar-refractivity contribution in [1.82, 2.24) is 0 Å². The molecule has 2 nitrogen and oxygen atoms in total. The third kappa shape index (κ3) is 31.4. The zero-order chi connectivity index (χ0) is 6.12. The van der Waals surface area contributed by atoms with Gasteiger partial charge in [-0.25, -0.2) is 6.61 Å². The number of aliphatic hydroxyl groups excluding tert-OH is 2. The van der Waals surface area contributed by atoms with E-state index in [-0.39, 0.29) is 25.2 Å². The average Bonchev–Trinajstić information content (AvgIpc) is 1.75. The van der Waals surface area contributed by atoms with Crippen molar-refractivity contribution in [2.45, 2.75) is 20.3 Å². The molecule has 0 unspecified atom stereocenters. The van der Waals surface area contributed by atoms with Crippen molar-refractivity contribution >= 4 is 0 Å². The molecule has 0 aromatic heterocycles. The molecule has 8 heavy (non-hydrogen) atoms. The first-order chi connectivity index (χ1) is 3.41. The summed E-state index contributed by atoms with van der Waals surface area (Å²) in [5.41, 5.74) is 0. The van der Waals surface area contributed by atoms with Crippen molar-refractivity contribution in [3.63, 3.8) is 0 Å². The summed E-state index contributed by atoms with van der Waals surface area (Å²) in [6, 6.07) is 0. The Bertz CT molecular complexity index is 17.9. The van der Waals surface area contributed by atoms with Gasteiger partial charge in [0.15, 0.2) is 0 Å². The SMILES string of the molecule is CC.O[CH-]CCO.[V]. The normalized spacial score (nSPS) is 6.00. The molecule has 51 valence electrons. The van der Waals surface area contributed by atoms with Gasteiger partial charge in [0.2, 0.25) is 0 Å². The Kier molecular flexibility index (Phi) is 51.1. The molecular formula is C5H13O2V-. The fourth-order valence-corrected chi connectivity index (χ4v) is 0.0577. The van der Waals surface area contributed by atoms with E-state index in [2.05, 4.69) is 0 Å². The predicted molar refractivity (Wildman–Crippen MR) is 29.3 cm³/mol. The Morgan fingerprint density at radius 3 is 1.75 bits per heavy atom. The van der Waals surface area contributed by atoms with Crippen molar-refractivity contribution in [2.75, 3.05) is 6.61 Å².